The third kappa shape index (κ3) is 2.68. The topological polar surface area (TPSA) is 76.8 Å². The average molecular weight is 298 g/mol. The lowest BCUT2D eigenvalue weighted by atomic mass is 10.1. The van der Waals surface area contributed by atoms with Crippen LogP contribution in [0, 0.1) is 5.82 Å². The highest BCUT2D eigenvalue weighted by molar-refractivity contribution is 5.55. The van der Waals surface area contributed by atoms with Crippen molar-refractivity contribution in [2.45, 2.75) is 6.04 Å². The summed E-state index contributed by atoms with van der Waals surface area (Å²) in [7, 11) is 1.60. The Hall–Kier alpha value is -2.73. The van der Waals surface area contributed by atoms with Crippen LogP contribution in [-0.2, 0) is 0 Å². The standard InChI is InChI=1S/C16H15FN4O/c1-22-11-8-6-10(7-9-11)14(18)16-19-15(20-21-16)12-4-2-3-5-13(12)17/h2-9,14H,18H2,1H3,(H,19,20,21)/t14-/m1/s1. The molecule has 0 unspecified atom stereocenters. The van der Waals surface area contributed by atoms with Crippen LogP contribution in [-0.4, -0.2) is 22.3 Å². The fourth-order valence-corrected chi connectivity index (χ4v) is 2.15. The number of H-pyrrole nitrogens is 1. The molecule has 0 saturated carbocycles. The fourth-order valence-electron chi connectivity index (χ4n) is 2.15. The Kier molecular flexibility index (Phi) is 3.84. The van der Waals surface area contributed by atoms with Gasteiger partial charge in [0.2, 0.25) is 0 Å². The summed E-state index contributed by atoms with van der Waals surface area (Å²) < 4.78 is 18.9. The summed E-state index contributed by atoms with van der Waals surface area (Å²) in [5.74, 6) is 1.15. The Bertz CT molecular complexity index is 770. The van der Waals surface area contributed by atoms with Crippen molar-refractivity contribution in [1.82, 2.24) is 15.2 Å². The van der Waals surface area contributed by atoms with Gasteiger partial charge in [0.15, 0.2) is 5.82 Å². The van der Waals surface area contributed by atoms with Gasteiger partial charge in [-0.1, -0.05) is 24.3 Å². The molecule has 0 bridgehead atoms. The Labute approximate surface area is 127 Å². The van der Waals surface area contributed by atoms with Crippen molar-refractivity contribution >= 4 is 0 Å². The molecule has 22 heavy (non-hydrogen) atoms. The highest BCUT2D eigenvalue weighted by atomic mass is 19.1. The number of aromatic nitrogens is 3. The number of aromatic amines is 1. The molecule has 3 aromatic rings. The second kappa shape index (κ2) is 5.95. The van der Waals surface area contributed by atoms with Crippen molar-refractivity contribution in [1.29, 1.82) is 0 Å². The summed E-state index contributed by atoms with van der Waals surface area (Å²) in [4.78, 5) is 4.30. The van der Waals surface area contributed by atoms with Crippen LogP contribution < -0.4 is 10.5 Å². The first-order chi connectivity index (χ1) is 10.7. The van der Waals surface area contributed by atoms with E-state index in [-0.39, 0.29) is 11.6 Å². The van der Waals surface area contributed by atoms with Gasteiger partial charge in [-0.25, -0.2) is 9.37 Å². The van der Waals surface area contributed by atoms with Gasteiger partial charge in [-0.15, -0.1) is 0 Å². The number of rotatable bonds is 4. The first kappa shape index (κ1) is 14.2. The number of hydrogen-bond donors (Lipinski definition) is 2. The molecule has 0 spiro atoms. The summed E-state index contributed by atoms with van der Waals surface area (Å²) in [6, 6.07) is 13.2. The maximum Gasteiger partial charge on any atom is 0.184 e. The van der Waals surface area contributed by atoms with Crippen molar-refractivity contribution in [3.05, 3.63) is 65.7 Å². The van der Waals surface area contributed by atoms with E-state index in [1.54, 1.807) is 25.3 Å². The lowest BCUT2D eigenvalue weighted by molar-refractivity contribution is 0.414. The lowest BCUT2D eigenvalue weighted by Gasteiger charge is -2.09. The molecule has 1 atom stereocenters. The first-order valence-electron chi connectivity index (χ1n) is 6.76. The maximum absolute atomic E-state index is 13.8. The Morgan fingerprint density at radius 3 is 2.55 bits per heavy atom. The lowest BCUT2D eigenvalue weighted by Crippen LogP contribution is -2.13. The van der Waals surface area contributed by atoms with Crippen molar-refractivity contribution in [2.75, 3.05) is 7.11 Å². The van der Waals surface area contributed by atoms with E-state index in [9.17, 15) is 4.39 Å². The van der Waals surface area contributed by atoms with E-state index in [1.807, 2.05) is 24.3 Å². The molecule has 1 aromatic heterocycles. The van der Waals surface area contributed by atoms with Crippen LogP contribution in [0.1, 0.15) is 17.4 Å². The van der Waals surface area contributed by atoms with E-state index in [0.29, 0.717) is 11.4 Å². The molecule has 0 aliphatic carbocycles. The van der Waals surface area contributed by atoms with Crippen molar-refractivity contribution in [3.63, 3.8) is 0 Å². The number of nitrogens with two attached hydrogens (primary N) is 1. The summed E-state index contributed by atoms with van der Waals surface area (Å²) in [6.07, 6.45) is 0. The first-order valence-corrected chi connectivity index (χ1v) is 6.76. The van der Waals surface area contributed by atoms with E-state index in [0.717, 1.165) is 11.3 Å². The number of halogens is 1. The minimum Gasteiger partial charge on any atom is -0.497 e. The van der Waals surface area contributed by atoms with Crippen LogP contribution in [0.25, 0.3) is 11.4 Å². The van der Waals surface area contributed by atoms with Crippen LogP contribution in [0.3, 0.4) is 0 Å². The molecule has 6 heteroatoms. The Balaban J connectivity index is 1.88. The Morgan fingerprint density at radius 2 is 1.86 bits per heavy atom. The number of methoxy groups -OCH3 is 1. The molecular weight excluding hydrogens is 283 g/mol. The van der Waals surface area contributed by atoms with Gasteiger partial charge < -0.3 is 10.5 Å². The van der Waals surface area contributed by atoms with Crippen LogP contribution in [0.2, 0.25) is 0 Å². The molecule has 1 heterocycles. The number of benzene rings is 2. The smallest absolute Gasteiger partial charge is 0.184 e. The van der Waals surface area contributed by atoms with Crippen LogP contribution >= 0.6 is 0 Å². The van der Waals surface area contributed by atoms with E-state index in [2.05, 4.69) is 15.2 Å². The predicted octanol–water partition coefficient (Wildman–Crippen LogP) is 2.67. The third-order valence-electron chi connectivity index (χ3n) is 3.39. The molecule has 3 rings (SSSR count). The maximum atomic E-state index is 13.8. The minimum absolute atomic E-state index is 0.289. The quantitative estimate of drug-likeness (QED) is 0.776. The molecule has 5 nitrogen and oxygen atoms in total. The van der Waals surface area contributed by atoms with Gasteiger partial charge in [-0.05, 0) is 29.8 Å². The molecule has 0 aliphatic rings. The monoisotopic (exact) mass is 298 g/mol. The molecule has 0 fully saturated rings. The van der Waals surface area contributed by atoms with Crippen molar-refractivity contribution < 1.29 is 9.13 Å². The number of nitrogens with zero attached hydrogens (tertiary/aromatic N) is 2. The van der Waals surface area contributed by atoms with Gasteiger partial charge in [-0.2, -0.15) is 5.10 Å². The predicted molar refractivity (Wildman–Crippen MR) is 80.8 cm³/mol. The summed E-state index contributed by atoms with van der Waals surface area (Å²) in [5.41, 5.74) is 7.37. The van der Waals surface area contributed by atoms with Gasteiger partial charge in [0.1, 0.15) is 17.4 Å². The summed E-state index contributed by atoms with van der Waals surface area (Å²) >= 11 is 0. The zero-order valence-corrected chi connectivity index (χ0v) is 12.0. The van der Waals surface area contributed by atoms with Crippen LogP contribution in [0.15, 0.2) is 48.5 Å². The van der Waals surface area contributed by atoms with Crippen molar-refractivity contribution in [2.24, 2.45) is 5.73 Å². The van der Waals surface area contributed by atoms with Gasteiger partial charge in [0.25, 0.3) is 0 Å². The minimum atomic E-state index is -0.473. The van der Waals surface area contributed by atoms with Gasteiger partial charge >= 0.3 is 0 Å². The van der Waals surface area contributed by atoms with Gasteiger partial charge in [0.05, 0.1) is 18.7 Å². The summed E-state index contributed by atoms with van der Waals surface area (Å²) in [5, 5.41) is 6.82. The number of nitrogens with one attached hydrogen (secondary N) is 1. The van der Waals surface area contributed by atoms with Gasteiger partial charge in [-0.3, -0.25) is 5.10 Å². The highest BCUT2D eigenvalue weighted by Gasteiger charge is 2.16. The average Bonchev–Trinajstić information content (AvgIpc) is 3.04. The van der Waals surface area contributed by atoms with E-state index in [4.69, 9.17) is 10.5 Å². The molecule has 3 N–H and O–H groups in total. The van der Waals surface area contributed by atoms with Gasteiger partial charge in [0, 0.05) is 0 Å². The molecule has 0 radical (unpaired) electrons. The van der Waals surface area contributed by atoms with E-state index < -0.39 is 6.04 Å². The van der Waals surface area contributed by atoms with Crippen LogP contribution in [0.4, 0.5) is 4.39 Å². The summed E-state index contributed by atoms with van der Waals surface area (Å²) in [6.45, 7) is 0. The number of hydrogen-bond acceptors (Lipinski definition) is 4. The molecular formula is C16H15FN4O. The molecule has 112 valence electrons. The Morgan fingerprint density at radius 1 is 1.14 bits per heavy atom. The van der Waals surface area contributed by atoms with Crippen molar-refractivity contribution in [3.8, 4) is 17.1 Å². The van der Waals surface area contributed by atoms with E-state index in [1.165, 1.54) is 6.07 Å². The molecule has 2 aromatic carbocycles. The third-order valence-corrected chi connectivity index (χ3v) is 3.39. The molecule has 0 aliphatic heterocycles. The fraction of sp³-hybridized carbons (Fsp3) is 0.125. The zero-order chi connectivity index (χ0) is 15.5. The largest absolute Gasteiger partial charge is 0.497 e. The second-order valence-electron chi connectivity index (χ2n) is 4.77. The zero-order valence-electron chi connectivity index (χ0n) is 12.0. The molecule has 0 amide bonds. The van der Waals surface area contributed by atoms with Crippen LogP contribution in [0.5, 0.6) is 5.75 Å². The second-order valence-corrected chi connectivity index (χ2v) is 4.77. The van der Waals surface area contributed by atoms with E-state index >= 15 is 0 Å². The number of ether oxygens (including phenoxy) is 1. The highest BCUT2D eigenvalue weighted by Crippen LogP contribution is 2.23. The SMILES string of the molecule is COc1ccc([C@@H](N)c2nc(-c3ccccc3F)n[nH]2)cc1. The molecule has 0 saturated heterocycles. The normalized spacial score (nSPS) is 12.1.